The molecule has 2 aromatic carbocycles. The van der Waals surface area contributed by atoms with Crippen LogP contribution in [0.25, 0.3) is 0 Å². The lowest BCUT2D eigenvalue weighted by Crippen LogP contribution is -2.37. The van der Waals surface area contributed by atoms with Gasteiger partial charge in [0.15, 0.2) is 5.96 Å². The molecule has 0 radical (unpaired) electrons. The molecule has 0 spiro atoms. The van der Waals surface area contributed by atoms with Crippen molar-refractivity contribution in [2.24, 2.45) is 4.99 Å². The highest BCUT2D eigenvalue weighted by Gasteiger charge is 2.31. The maximum Gasteiger partial charge on any atom is 0.573 e. The number of nitrogens with one attached hydrogen (secondary N) is 2. The first-order valence-corrected chi connectivity index (χ1v) is 9.69. The van der Waals surface area contributed by atoms with E-state index in [-0.39, 0.29) is 36.3 Å². The molecule has 172 valence electrons. The van der Waals surface area contributed by atoms with Gasteiger partial charge in [0.1, 0.15) is 18.4 Å². The second-order valence-electron chi connectivity index (χ2n) is 6.62. The lowest BCUT2D eigenvalue weighted by Gasteiger charge is -2.15. The summed E-state index contributed by atoms with van der Waals surface area (Å²) in [5.41, 5.74) is 2.44. The number of halogens is 4. The number of hydrogen-bond acceptors (Lipinski definition) is 4. The van der Waals surface area contributed by atoms with Gasteiger partial charge < -0.3 is 15.4 Å². The SMILES string of the molecule is CCNC(=NCc1cccc(Cn2cncn2)c1)NCc1ccccc1OC(F)(F)F.I. The zero-order chi connectivity index (χ0) is 22.1. The third-order valence-electron chi connectivity index (χ3n) is 4.21. The number of nitrogens with zero attached hydrogens (tertiary/aromatic N) is 4. The third kappa shape index (κ3) is 8.36. The van der Waals surface area contributed by atoms with Crippen molar-refractivity contribution in [2.75, 3.05) is 6.54 Å². The fraction of sp³-hybridized carbons (Fsp3) is 0.286. The second kappa shape index (κ2) is 12.3. The fourth-order valence-corrected chi connectivity index (χ4v) is 2.89. The minimum atomic E-state index is -4.74. The molecule has 0 atom stereocenters. The average molecular weight is 560 g/mol. The van der Waals surface area contributed by atoms with Crippen molar-refractivity contribution in [1.29, 1.82) is 0 Å². The van der Waals surface area contributed by atoms with Crippen LogP contribution in [0, 0.1) is 0 Å². The Morgan fingerprint density at radius 3 is 2.59 bits per heavy atom. The predicted octanol–water partition coefficient (Wildman–Crippen LogP) is 4.10. The van der Waals surface area contributed by atoms with Gasteiger partial charge in [0, 0.05) is 18.7 Å². The standard InChI is InChI=1S/C21H23F3N6O.HI/c1-2-26-20(28-12-18-8-3-4-9-19(18)31-21(22,23)24)27-11-16-6-5-7-17(10-16)13-30-15-25-14-29-30;/h3-10,14-15H,2,11-13H2,1H3,(H2,26,27,28);1H. The van der Waals surface area contributed by atoms with Gasteiger partial charge in [-0.05, 0) is 24.1 Å². The van der Waals surface area contributed by atoms with Crippen LogP contribution in [-0.4, -0.2) is 33.6 Å². The molecule has 0 bridgehead atoms. The molecule has 0 amide bonds. The summed E-state index contributed by atoms with van der Waals surface area (Å²) in [5, 5.41) is 10.2. The number of aliphatic imine (C=N–C) groups is 1. The Balaban J connectivity index is 0.00000363. The van der Waals surface area contributed by atoms with E-state index in [1.807, 2.05) is 31.2 Å². The summed E-state index contributed by atoms with van der Waals surface area (Å²) in [5.74, 6) is 0.255. The Labute approximate surface area is 201 Å². The van der Waals surface area contributed by atoms with Crippen LogP contribution in [0.15, 0.2) is 66.2 Å². The summed E-state index contributed by atoms with van der Waals surface area (Å²) in [6, 6.07) is 13.9. The van der Waals surface area contributed by atoms with Crippen LogP contribution in [0.2, 0.25) is 0 Å². The molecule has 0 fully saturated rings. The molecule has 1 aromatic heterocycles. The molecule has 3 rings (SSSR count). The normalized spacial score (nSPS) is 11.6. The maximum atomic E-state index is 12.6. The second-order valence-corrected chi connectivity index (χ2v) is 6.62. The first kappa shape index (κ1) is 25.4. The number of benzene rings is 2. The molecule has 0 aliphatic rings. The fourth-order valence-electron chi connectivity index (χ4n) is 2.89. The van der Waals surface area contributed by atoms with Crippen molar-refractivity contribution in [1.82, 2.24) is 25.4 Å². The number of hydrogen-bond donors (Lipinski definition) is 2. The first-order chi connectivity index (χ1) is 14.9. The molecule has 0 saturated heterocycles. The van der Waals surface area contributed by atoms with Gasteiger partial charge in [0.2, 0.25) is 0 Å². The van der Waals surface area contributed by atoms with Crippen LogP contribution in [0.5, 0.6) is 5.75 Å². The summed E-state index contributed by atoms with van der Waals surface area (Å²) in [4.78, 5) is 8.47. The highest BCUT2D eigenvalue weighted by Crippen LogP contribution is 2.26. The first-order valence-electron chi connectivity index (χ1n) is 9.69. The number of para-hydroxylation sites is 1. The van der Waals surface area contributed by atoms with Gasteiger partial charge in [0.05, 0.1) is 13.1 Å². The number of aromatic nitrogens is 3. The van der Waals surface area contributed by atoms with Crippen molar-refractivity contribution in [3.63, 3.8) is 0 Å². The van der Waals surface area contributed by atoms with E-state index >= 15 is 0 Å². The Kier molecular flexibility index (Phi) is 9.75. The Morgan fingerprint density at radius 1 is 1.09 bits per heavy atom. The van der Waals surface area contributed by atoms with Crippen LogP contribution in [0.4, 0.5) is 13.2 Å². The van der Waals surface area contributed by atoms with Crippen LogP contribution in [0.3, 0.4) is 0 Å². The van der Waals surface area contributed by atoms with E-state index in [9.17, 15) is 13.2 Å². The van der Waals surface area contributed by atoms with Gasteiger partial charge in [-0.15, -0.1) is 37.1 Å². The van der Waals surface area contributed by atoms with Crippen LogP contribution in [-0.2, 0) is 19.6 Å². The Morgan fingerprint density at radius 2 is 1.88 bits per heavy atom. The summed E-state index contributed by atoms with van der Waals surface area (Å²) in [6.45, 7) is 3.66. The molecule has 0 aliphatic carbocycles. The van der Waals surface area contributed by atoms with Crippen LogP contribution < -0.4 is 15.4 Å². The predicted molar refractivity (Wildman–Crippen MR) is 126 cm³/mol. The van der Waals surface area contributed by atoms with E-state index in [0.29, 0.717) is 31.2 Å². The molecule has 0 aliphatic heterocycles. The summed E-state index contributed by atoms with van der Waals surface area (Å²) >= 11 is 0. The van der Waals surface area contributed by atoms with E-state index in [4.69, 9.17) is 0 Å². The van der Waals surface area contributed by atoms with E-state index in [1.54, 1.807) is 23.1 Å². The topological polar surface area (TPSA) is 76.4 Å². The van der Waals surface area contributed by atoms with Crippen LogP contribution in [0.1, 0.15) is 23.6 Å². The van der Waals surface area contributed by atoms with Gasteiger partial charge in [-0.2, -0.15) is 5.10 Å². The van der Waals surface area contributed by atoms with E-state index in [2.05, 4.69) is 30.4 Å². The average Bonchev–Trinajstić information content (AvgIpc) is 3.23. The number of rotatable bonds is 8. The largest absolute Gasteiger partial charge is 0.573 e. The highest BCUT2D eigenvalue weighted by molar-refractivity contribution is 14.0. The molecular weight excluding hydrogens is 536 g/mol. The molecule has 11 heteroatoms. The zero-order valence-electron chi connectivity index (χ0n) is 17.3. The van der Waals surface area contributed by atoms with Crippen molar-refractivity contribution in [2.45, 2.75) is 32.9 Å². The number of alkyl halides is 3. The van der Waals surface area contributed by atoms with Gasteiger partial charge >= 0.3 is 6.36 Å². The molecule has 0 saturated carbocycles. The monoisotopic (exact) mass is 560 g/mol. The smallest absolute Gasteiger partial charge is 0.405 e. The van der Waals surface area contributed by atoms with E-state index in [1.165, 1.54) is 18.5 Å². The van der Waals surface area contributed by atoms with Gasteiger partial charge in [-0.3, -0.25) is 0 Å². The van der Waals surface area contributed by atoms with Crippen molar-refractivity contribution in [3.8, 4) is 5.75 Å². The molecule has 32 heavy (non-hydrogen) atoms. The van der Waals surface area contributed by atoms with Crippen molar-refractivity contribution < 1.29 is 17.9 Å². The van der Waals surface area contributed by atoms with Gasteiger partial charge in [0.25, 0.3) is 0 Å². The maximum absolute atomic E-state index is 12.6. The van der Waals surface area contributed by atoms with Gasteiger partial charge in [-0.1, -0.05) is 42.5 Å². The minimum absolute atomic E-state index is 0. The molecule has 7 nitrogen and oxygen atoms in total. The van der Waals surface area contributed by atoms with Crippen molar-refractivity contribution >= 4 is 29.9 Å². The molecule has 2 N–H and O–H groups in total. The number of ether oxygens (including phenoxy) is 1. The Hall–Kier alpha value is -2.83. The lowest BCUT2D eigenvalue weighted by atomic mass is 10.1. The van der Waals surface area contributed by atoms with E-state index < -0.39 is 6.36 Å². The van der Waals surface area contributed by atoms with Crippen LogP contribution >= 0.6 is 24.0 Å². The summed E-state index contributed by atoms with van der Waals surface area (Å²) in [6.07, 6.45) is -1.61. The molecule has 0 unspecified atom stereocenters. The zero-order valence-corrected chi connectivity index (χ0v) is 19.7. The molecule has 1 heterocycles. The third-order valence-corrected chi connectivity index (χ3v) is 4.21. The van der Waals surface area contributed by atoms with E-state index in [0.717, 1.165) is 11.1 Å². The number of guanidine groups is 1. The summed E-state index contributed by atoms with van der Waals surface area (Å²) < 4.78 is 43.7. The Bertz CT molecular complexity index is 995. The molecular formula is C21H24F3IN6O. The van der Waals surface area contributed by atoms with Crippen molar-refractivity contribution in [3.05, 3.63) is 77.9 Å². The van der Waals surface area contributed by atoms with Gasteiger partial charge in [-0.25, -0.2) is 14.7 Å². The summed E-state index contributed by atoms with van der Waals surface area (Å²) in [7, 11) is 0. The lowest BCUT2D eigenvalue weighted by molar-refractivity contribution is -0.274. The minimum Gasteiger partial charge on any atom is -0.405 e. The highest BCUT2D eigenvalue weighted by atomic mass is 127. The quantitative estimate of drug-likeness (QED) is 0.247. The molecule has 3 aromatic rings.